The van der Waals surface area contributed by atoms with Gasteiger partial charge in [0.05, 0.1) is 12.5 Å². The van der Waals surface area contributed by atoms with Crippen molar-refractivity contribution in [2.45, 2.75) is 26.9 Å². The maximum atomic E-state index is 12.1. The number of benzene rings is 2. The van der Waals surface area contributed by atoms with E-state index in [9.17, 15) is 4.79 Å². The third kappa shape index (κ3) is 7.29. The molecule has 0 fully saturated rings. The molecule has 0 unspecified atom stereocenters. The van der Waals surface area contributed by atoms with E-state index in [4.69, 9.17) is 10.00 Å². The van der Waals surface area contributed by atoms with Crippen LogP contribution in [0.5, 0.6) is 5.75 Å². The molecule has 0 aliphatic heterocycles. The maximum absolute atomic E-state index is 12.1. The smallest absolute Gasteiger partial charge is 0.319 e. The molecule has 0 saturated carbocycles. The van der Waals surface area contributed by atoms with Crippen molar-refractivity contribution in [1.29, 1.82) is 5.26 Å². The number of likely N-dealkylation sites (N-methyl/N-ethyl adjacent to an activating group) is 1. The van der Waals surface area contributed by atoms with Crippen LogP contribution in [0.4, 0.5) is 10.5 Å². The average molecular weight is 380 g/mol. The van der Waals surface area contributed by atoms with Crippen LogP contribution in [0.1, 0.15) is 25.0 Å². The van der Waals surface area contributed by atoms with Crippen molar-refractivity contribution in [3.05, 3.63) is 59.7 Å². The van der Waals surface area contributed by atoms with E-state index in [0.717, 1.165) is 42.2 Å². The molecule has 6 heteroatoms. The third-order valence-electron chi connectivity index (χ3n) is 4.40. The highest BCUT2D eigenvalue weighted by molar-refractivity contribution is 5.89. The molecule has 2 N–H and O–H groups in total. The molecule has 6 nitrogen and oxygen atoms in total. The number of rotatable bonds is 10. The van der Waals surface area contributed by atoms with Gasteiger partial charge in [-0.3, -0.25) is 0 Å². The molecule has 0 aliphatic carbocycles. The predicted octanol–water partition coefficient (Wildman–Crippen LogP) is 3.79. The van der Waals surface area contributed by atoms with Gasteiger partial charge in [-0.1, -0.05) is 38.1 Å². The summed E-state index contributed by atoms with van der Waals surface area (Å²) in [6.45, 7) is 8.01. The second-order valence-corrected chi connectivity index (χ2v) is 6.38. The molecule has 0 spiro atoms. The van der Waals surface area contributed by atoms with E-state index in [1.807, 2.05) is 48.5 Å². The van der Waals surface area contributed by atoms with Gasteiger partial charge in [0.1, 0.15) is 12.4 Å². The minimum atomic E-state index is -0.210. The minimum absolute atomic E-state index is 0.210. The first-order valence-corrected chi connectivity index (χ1v) is 9.59. The van der Waals surface area contributed by atoms with Crippen LogP contribution in [0.2, 0.25) is 0 Å². The van der Waals surface area contributed by atoms with Crippen molar-refractivity contribution >= 4 is 11.7 Å². The number of urea groups is 1. The van der Waals surface area contributed by atoms with E-state index in [0.29, 0.717) is 19.6 Å². The summed E-state index contributed by atoms with van der Waals surface area (Å²) in [5.41, 5.74) is 2.65. The first-order valence-electron chi connectivity index (χ1n) is 9.59. The van der Waals surface area contributed by atoms with Gasteiger partial charge in [-0.25, -0.2) is 4.79 Å². The van der Waals surface area contributed by atoms with Gasteiger partial charge in [0.25, 0.3) is 0 Å². The number of nitrogens with one attached hydrogen (secondary N) is 2. The number of hydrogen-bond donors (Lipinski definition) is 2. The highest BCUT2D eigenvalue weighted by atomic mass is 16.5. The van der Waals surface area contributed by atoms with Crippen LogP contribution in [0, 0.1) is 11.3 Å². The fourth-order valence-electron chi connectivity index (χ4n) is 2.74. The van der Waals surface area contributed by atoms with Crippen molar-refractivity contribution in [3.63, 3.8) is 0 Å². The molecular formula is C22H28N4O2. The van der Waals surface area contributed by atoms with Gasteiger partial charge in [-0.2, -0.15) is 5.26 Å². The van der Waals surface area contributed by atoms with E-state index in [2.05, 4.69) is 35.5 Å². The lowest BCUT2D eigenvalue weighted by Gasteiger charge is -2.18. The Labute approximate surface area is 167 Å². The zero-order valence-electron chi connectivity index (χ0n) is 16.6. The summed E-state index contributed by atoms with van der Waals surface area (Å²) < 4.78 is 5.78. The summed E-state index contributed by atoms with van der Waals surface area (Å²) in [6, 6.07) is 17.0. The number of carbonyl (C=O) groups excluding carboxylic acids is 1. The molecule has 0 saturated heterocycles. The van der Waals surface area contributed by atoms with Gasteiger partial charge >= 0.3 is 6.03 Å². The summed E-state index contributed by atoms with van der Waals surface area (Å²) in [5.74, 6) is 0.745. The Morgan fingerprint density at radius 3 is 2.54 bits per heavy atom. The fraction of sp³-hybridized carbons (Fsp3) is 0.364. The Kier molecular flexibility index (Phi) is 8.83. The van der Waals surface area contributed by atoms with E-state index in [1.165, 1.54) is 0 Å². The Morgan fingerprint density at radius 2 is 1.86 bits per heavy atom. The third-order valence-corrected chi connectivity index (χ3v) is 4.40. The highest BCUT2D eigenvalue weighted by Crippen LogP contribution is 2.16. The van der Waals surface area contributed by atoms with Crippen LogP contribution in [-0.4, -0.2) is 37.1 Å². The molecule has 2 aromatic rings. The second kappa shape index (κ2) is 11.6. The lowest BCUT2D eigenvalue weighted by Crippen LogP contribution is -2.36. The molecule has 0 heterocycles. The van der Waals surface area contributed by atoms with Gasteiger partial charge in [-0.05, 0) is 48.5 Å². The Morgan fingerprint density at radius 1 is 1.11 bits per heavy atom. The maximum Gasteiger partial charge on any atom is 0.319 e. The van der Waals surface area contributed by atoms with E-state index < -0.39 is 0 Å². The Hall–Kier alpha value is -3.04. The highest BCUT2D eigenvalue weighted by Gasteiger charge is 2.04. The van der Waals surface area contributed by atoms with Crippen molar-refractivity contribution in [2.24, 2.45) is 0 Å². The van der Waals surface area contributed by atoms with Gasteiger partial charge in [0, 0.05) is 18.8 Å². The number of amides is 2. The number of carbonyl (C=O) groups is 1. The second-order valence-electron chi connectivity index (χ2n) is 6.38. The predicted molar refractivity (Wildman–Crippen MR) is 111 cm³/mol. The van der Waals surface area contributed by atoms with Gasteiger partial charge in [0.15, 0.2) is 0 Å². The molecule has 2 rings (SSSR count). The van der Waals surface area contributed by atoms with Gasteiger partial charge in [0.2, 0.25) is 0 Å². The molecular weight excluding hydrogens is 352 g/mol. The van der Waals surface area contributed by atoms with Crippen LogP contribution in [-0.2, 0) is 13.0 Å². The monoisotopic (exact) mass is 380 g/mol. The lowest BCUT2D eigenvalue weighted by atomic mass is 10.1. The van der Waals surface area contributed by atoms with Crippen LogP contribution < -0.4 is 15.4 Å². The number of nitrogens with zero attached hydrogens (tertiary/aromatic N) is 2. The van der Waals surface area contributed by atoms with Gasteiger partial charge in [-0.15, -0.1) is 0 Å². The van der Waals surface area contributed by atoms with Crippen LogP contribution >= 0.6 is 0 Å². The van der Waals surface area contributed by atoms with Crippen molar-refractivity contribution in [3.8, 4) is 11.8 Å². The first-order chi connectivity index (χ1) is 13.6. The molecule has 2 amide bonds. The molecule has 0 aliphatic rings. The van der Waals surface area contributed by atoms with Crippen molar-refractivity contribution in [1.82, 2.24) is 10.2 Å². The molecule has 0 aromatic heterocycles. The van der Waals surface area contributed by atoms with E-state index >= 15 is 0 Å². The first kappa shape index (κ1) is 21.3. The summed E-state index contributed by atoms with van der Waals surface area (Å²) >= 11 is 0. The quantitative estimate of drug-likeness (QED) is 0.657. The lowest BCUT2D eigenvalue weighted by molar-refractivity contribution is 0.248. The normalized spacial score (nSPS) is 10.4. The van der Waals surface area contributed by atoms with E-state index in [-0.39, 0.29) is 6.03 Å². The largest absolute Gasteiger partial charge is 0.489 e. The molecule has 148 valence electrons. The minimum Gasteiger partial charge on any atom is -0.489 e. The zero-order valence-corrected chi connectivity index (χ0v) is 16.6. The topological polar surface area (TPSA) is 77.4 Å². The Bertz CT molecular complexity index is 780. The van der Waals surface area contributed by atoms with E-state index in [1.54, 1.807) is 0 Å². The summed E-state index contributed by atoms with van der Waals surface area (Å²) in [5, 5.41) is 14.4. The van der Waals surface area contributed by atoms with Crippen molar-refractivity contribution < 1.29 is 9.53 Å². The summed E-state index contributed by atoms with van der Waals surface area (Å²) in [7, 11) is 0. The summed E-state index contributed by atoms with van der Waals surface area (Å²) in [6.07, 6.45) is 0.394. The number of nitriles is 1. The SMILES string of the molecule is CCN(CC)CCNC(=O)Nc1cccc(COc2ccc(CC#N)cc2)c1. The zero-order chi connectivity index (χ0) is 20.2. The van der Waals surface area contributed by atoms with Crippen LogP contribution in [0.3, 0.4) is 0 Å². The number of hydrogen-bond acceptors (Lipinski definition) is 4. The van der Waals surface area contributed by atoms with Gasteiger partial charge < -0.3 is 20.3 Å². The number of ether oxygens (including phenoxy) is 1. The average Bonchev–Trinajstić information content (AvgIpc) is 2.71. The molecule has 0 atom stereocenters. The molecule has 28 heavy (non-hydrogen) atoms. The van der Waals surface area contributed by atoms with Crippen LogP contribution in [0.15, 0.2) is 48.5 Å². The van der Waals surface area contributed by atoms with Crippen LogP contribution in [0.25, 0.3) is 0 Å². The summed E-state index contributed by atoms with van der Waals surface area (Å²) in [4.78, 5) is 14.3. The standard InChI is InChI=1S/C22H28N4O2/c1-3-26(4-2)15-14-24-22(27)25-20-7-5-6-19(16-20)17-28-21-10-8-18(9-11-21)12-13-23/h5-11,16H,3-4,12,14-15,17H2,1-2H3,(H2,24,25,27). The fourth-order valence-corrected chi connectivity index (χ4v) is 2.74. The molecule has 0 bridgehead atoms. The Balaban J connectivity index is 1.81. The number of anilines is 1. The molecule has 0 radical (unpaired) electrons. The van der Waals surface area contributed by atoms with Crippen molar-refractivity contribution in [2.75, 3.05) is 31.5 Å². The molecule has 2 aromatic carbocycles.